The van der Waals surface area contributed by atoms with Crippen LogP contribution in [0.2, 0.25) is 0 Å². The lowest BCUT2D eigenvalue weighted by molar-refractivity contribution is -0.0303. The van der Waals surface area contributed by atoms with E-state index in [2.05, 4.69) is 17.9 Å². The van der Waals surface area contributed by atoms with E-state index in [1.165, 1.54) is 19.3 Å². The van der Waals surface area contributed by atoms with E-state index in [0.29, 0.717) is 5.92 Å². The fourth-order valence-electron chi connectivity index (χ4n) is 2.42. The summed E-state index contributed by atoms with van der Waals surface area (Å²) in [7, 11) is 0. The van der Waals surface area contributed by atoms with Gasteiger partial charge in [-0.15, -0.1) is 0 Å². The molecule has 1 unspecified atom stereocenters. The minimum absolute atomic E-state index is 0.234. The third-order valence-corrected chi connectivity index (χ3v) is 3.79. The Morgan fingerprint density at radius 1 is 1.36 bits per heavy atom. The molecular weight excluding hydrogens is 176 g/mol. The van der Waals surface area contributed by atoms with Gasteiger partial charge in [-0.3, -0.25) is 4.90 Å². The molecule has 1 heterocycles. The Labute approximate surface area is 85.6 Å². The average molecular weight is 194 g/mol. The summed E-state index contributed by atoms with van der Waals surface area (Å²) in [5.74, 6) is 0.589. The van der Waals surface area contributed by atoms with Crippen molar-refractivity contribution in [1.82, 2.24) is 4.90 Å². The van der Waals surface area contributed by atoms with Gasteiger partial charge in [0, 0.05) is 13.1 Å². The quantitative estimate of drug-likeness (QED) is 0.666. The first-order valence-corrected chi connectivity index (χ1v) is 5.51. The maximum Gasteiger partial charge on any atom is 0.109 e. The van der Waals surface area contributed by atoms with Crippen LogP contribution >= 0.6 is 0 Å². The van der Waals surface area contributed by atoms with E-state index in [-0.39, 0.29) is 5.54 Å². The smallest absolute Gasteiger partial charge is 0.109 e. The third-order valence-electron chi connectivity index (χ3n) is 3.79. The molecule has 0 spiro atoms. The summed E-state index contributed by atoms with van der Waals surface area (Å²) < 4.78 is 5.32. The summed E-state index contributed by atoms with van der Waals surface area (Å²) in [6, 6.07) is 2.52. The van der Waals surface area contributed by atoms with Crippen molar-refractivity contribution >= 4 is 0 Å². The molecule has 3 heteroatoms. The normalized spacial score (nSPS) is 28.9. The van der Waals surface area contributed by atoms with Crippen molar-refractivity contribution in [3.05, 3.63) is 0 Å². The lowest BCUT2D eigenvalue weighted by atomic mass is 9.71. The van der Waals surface area contributed by atoms with Gasteiger partial charge in [0.25, 0.3) is 0 Å². The van der Waals surface area contributed by atoms with Gasteiger partial charge in [-0.1, -0.05) is 6.42 Å². The summed E-state index contributed by atoms with van der Waals surface area (Å²) in [5, 5.41) is 9.34. The zero-order valence-corrected chi connectivity index (χ0v) is 8.83. The Morgan fingerprint density at radius 3 is 2.43 bits per heavy atom. The highest BCUT2D eigenvalue weighted by molar-refractivity contribution is 5.11. The molecule has 2 aliphatic rings. The lowest BCUT2D eigenvalue weighted by Gasteiger charge is -2.46. The molecule has 2 rings (SSSR count). The number of hydrogen-bond acceptors (Lipinski definition) is 3. The second kappa shape index (κ2) is 3.88. The minimum atomic E-state index is -0.234. The predicted molar refractivity (Wildman–Crippen MR) is 53.8 cm³/mol. The van der Waals surface area contributed by atoms with Crippen molar-refractivity contribution in [2.45, 2.75) is 31.7 Å². The number of nitrogens with zero attached hydrogens (tertiary/aromatic N) is 2. The molecule has 1 atom stereocenters. The third kappa shape index (κ3) is 1.53. The SMILES string of the molecule is CC(C#N)(C1CCC1)N1CCOCC1. The van der Waals surface area contributed by atoms with Crippen LogP contribution in [0.3, 0.4) is 0 Å². The fourth-order valence-corrected chi connectivity index (χ4v) is 2.42. The van der Waals surface area contributed by atoms with E-state index >= 15 is 0 Å². The van der Waals surface area contributed by atoms with Crippen LogP contribution in [0, 0.1) is 17.2 Å². The average Bonchev–Trinajstić information content (AvgIpc) is 2.16. The molecule has 1 aliphatic heterocycles. The van der Waals surface area contributed by atoms with Gasteiger partial charge in [0.1, 0.15) is 5.54 Å². The van der Waals surface area contributed by atoms with E-state index < -0.39 is 0 Å². The Balaban J connectivity index is 2.06. The van der Waals surface area contributed by atoms with Crippen LogP contribution in [0.1, 0.15) is 26.2 Å². The molecule has 1 saturated carbocycles. The first-order valence-electron chi connectivity index (χ1n) is 5.51. The highest BCUT2D eigenvalue weighted by Crippen LogP contribution is 2.39. The molecule has 0 amide bonds. The van der Waals surface area contributed by atoms with Crippen LogP contribution in [-0.2, 0) is 4.74 Å². The lowest BCUT2D eigenvalue weighted by Crippen LogP contribution is -2.56. The zero-order chi connectivity index (χ0) is 10.0. The first kappa shape index (κ1) is 9.95. The van der Waals surface area contributed by atoms with E-state index in [1.807, 2.05) is 0 Å². The Hall–Kier alpha value is -0.590. The second-order valence-corrected chi connectivity index (χ2v) is 4.49. The Bertz CT molecular complexity index is 238. The van der Waals surface area contributed by atoms with Gasteiger partial charge in [-0.25, -0.2) is 0 Å². The molecule has 1 aliphatic carbocycles. The number of nitriles is 1. The molecule has 78 valence electrons. The van der Waals surface area contributed by atoms with Crippen molar-refractivity contribution in [3.63, 3.8) is 0 Å². The van der Waals surface area contributed by atoms with Gasteiger partial charge in [0.15, 0.2) is 0 Å². The van der Waals surface area contributed by atoms with Crippen LogP contribution in [-0.4, -0.2) is 36.7 Å². The summed E-state index contributed by atoms with van der Waals surface area (Å²) in [5.41, 5.74) is -0.234. The van der Waals surface area contributed by atoms with Crippen LogP contribution in [0.15, 0.2) is 0 Å². The summed E-state index contributed by atoms with van der Waals surface area (Å²) in [4.78, 5) is 2.31. The summed E-state index contributed by atoms with van der Waals surface area (Å²) in [6.07, 6.45) is 3.75. The maximum absolute atomic E-state index is 9.34. The van der Waals surface area contributed by atoms with Crippen molar-refractivity contribution < 1.29 is 4.74 Å². The molecule has 0 aromatic rings. The van der Waals surface area contributed by atoms with Crippen LogP contribution < -0.4 is 0 Å². The molecule has 3 nitrogen and oxygen atoms in total. The van der Waals surface area contributed by atoms with Crippen molar-refractivity contribution in [2.24, 2.45) is 5.92 Å². The molecule has 0 aromatic heterocycles. The molecular formula is C11H18N2O. The van der Waals surface area contributed by atoms with Crippen molar-refractivity contribution in [3.8, 4) is 6.07 Å². The highest BCUT2D eigenvalue weighted by Gasteiger charge is 2.43. The molecule has 0 N–H and O–H groups in total. The van der Waals surface area contributed by atoms with Crippen LogP contribution in [0.25, 0.3) is 0 Å². The largest absolute Gasteiger partial charge is 0.379 e. The molecule has 14 heavy (non-hydrogen) atoms. The predicted octanol–water partition coefficient (Wildman–Crippen LogP) is 1.40. The van der Waals surface area contributed by atoms with Gasteiger partial charge in [-0.05, 0) is 25.7 Å². The molecule has 0 radical (unpaired) electrons. The van der Waals surface area contributed by atoms with Crippen LogP contribution in [0.5, 0.6) is 0 Å². The Kier molecular flexibility index (Phi) is 2.76. The van der Waals surface area contributed by atoms with Gasteiger partial charge < -0.3 is 4.74 Å². The monoisotopic (exact) mass is 194 g/mol. The molecule has 1 saturated heterocycles. The summed E-state index contributed by atoms with van der Waals surface area (Å²) in [6.45, 7) is 5.50. The number of hydrogen-bond donors (Lipinski definition) is 0. The van der Waals surface area contributed by atoms with E-state index in [0.717, 1.165) is 26.3 Å². The van der Waals surface area contributed by atoms with Gasteiger partial charge in [0.05, 0.1) is 19.3 Å². The molecule has 0 bridgehead atoms. The maximum atomic E-state index is 9.34. The standard InChI is InChI=1S/C11H18N2O/c1-11(9-12,10-3-2-4-10)13-5-7-14-8-6-13/h10H,2-8H2,1H3. The van der Waals surface area contributed by atoms with Gasteiger partial charge in [-0.2, -0.15) is 5.26 Å². The van der Waals surface area contributed by atoms with Gasteiger partial charge in [0.2, 0.25) is 0 Å². The Morgan fingerprint density at radius 2 is 2.00 bits per heavy atom. The van der Waals surface area contributed by atoms with E-state index in [4.69, 9.17) is 4.74 Å². The topological polar surface area (TPSA) is 36.3 Å². The number of rotatable bonds is 2. The van der Waals surface area contributed by atoms with Gasteiger partial charge >= 0.3 is 0 Å². The summed E-state index contributed by atoms with van der Waals surface area (Å²) >= 11 is 0. The molecule has 2 fully saturated rings. The zero-order valence-electron chi connectivity index (χ0n) is 8.83. The fraction of sp³-hybridized carbons (Fsp3) is 0.909. The van der Waals surface area contributed by atoms with Crippen molar-refractivity contribution in [2.75, 3.05) is 26.3 Å². The minimum Gasteiger partial charge on any atom is -0.379 e. The number of morpholine rings is 1. The highest BCUT2D eigenvalue weighted by atomic mass is 16.5. The van der Waals surface area contributed by atoms with E-state index in [9.17, 15) is 5.26 Å². The van der Waals surface area contributed by atoms with Crippen LogP contribution in [0.4, 0.5) is 0 Å². The second-order valence-electron chi connectivity index (χ2n) is 4.49. The van der Waals surface area contributed by atoms with Crippen molar-refractivity contribution in [1.29, 1.82) is 5.26 Å². The van der Waals surface area contributed by atoms with E-state index in [1.54, 1.807) is 0 Å². The first-order chi connectivity index (χ1) is 6.77. The number of ether oxygens (including phenoxy) is 1. The molecule has 0 aromatic carbocycles.